The number of nitrogens with zero attached hydrogens (tertiary/aromatic N) is 7. The van der Waals surface area contributed by atoms with Crippen LogP contribution in [0.4, 0.5) is 16.0 Å². The summed E-state index contributed by atoms with van der Waals surface area (Å²) in [5.41, 5.74) is 4.10. The van der Waals surface area contributed by atoms with Gasteiger partial charge in [0, 0.05) is 79.9 Å². The molecule has 2 aliphatic heterocycles. The van der Waals surface area contributed by atoms with E-state index in [9.17, 15) is 17.6 Å². The van der Waals surface area contributed by atoms with Crippen molar-refractivity contribution in [1.29, 1.82) is 0 Å². The fourth-order valence-corrected chi connectivity index (χ4v) is 6.79. The third-order valence-electron chi connectivity index (χ3n) is 7.92. The molecule has 0 aliphatic carbocycles. The average Bonchev–Trinajstić information content (AvgIpc) is 3.24. The zero-order valence-electron chi connectivity index (χ0n) is 23.4. The van der Waals surface area contributed by atoms with Crippen LogP contribution >= 0.6 is 0 Å². The molecular weight excluding hydrogens is 533 g/mol. The second-order valence-electron chi connectivity index (χ2n) is 10.9. The summed E-state index contributed by atoms with van der Waals surface area (Å²) < 4.78 is 39.9. The Balaban J connectivity index is 1.28. The highest BCUT2D eigenvalue weighted by atomic mass is 32.2. The Hall–Kier alpha value is -3.54. The Bertz CT molecular complexity index is 1480. The summed E-state index contributed by atoms with van der Waals surface area (Å²) in [7, 11) is -3.05. The number of piperazine rings is 1. The third kappa shape index (κ3) is 5.96. The molecule has 5 rings (SSSR count). The lowest BCUT2D eigenvalue weighted by molar-refractivity contribution is -0.134. The first-order valence-corrected chi connectivity index (χ1v) is 15.6. The van der Waals surface area contributed by atoms with Crippen LogP contribution in [0.25, 0.3) is 11.1 Å². The lowest BCUT2D eigenvalue weighted by atomic mass is 10.0. The van der Waals surface area contributed by atoms with Crippen molar-refractivity contribution in [3.63, 3.8) is 0 Å². The van der Waals surface area contributed by atoms with Crippen molar-refractivity contribution in [2.45, 2.75) is 51.4 Å². The van der Waals surface area contributed by atoms with Crippen LogP contribution in [0.5, 0.6) is 0 Å². The van der Waals surface area contributed by atoms with Gasteiger partial charge in [0.25, 0.3) is 0 Å². The summed E-state index contributed by atoms with van der Waals surface area (Å²) in [5, 5.41) is 4.09. The van der Waals surface area contributed by atoms with E-state index in [4.69, 9.17) is 0 Å². The van der Waals surface area contributed by atoms with E-state index in [2.05, 4.69) is 20.0 Å². The maximum absolute atomic E-state index is 14.4. The highest BCUT2D eigenvalue weighted by Gasteiger charge is 2.30. The van der Waals surface area contributed by atoms with Crippen molar-refractivity contribution in [3.05, 3.63) is 53.9 Å². The maximum Gasteiger partial charge on any atom is 0.244 e. The number of piperidine rings is 1. The first-order valence-electron chi connectivity index (χ1n) is 13.6. The minimum atomic E-state index is -3.05. The number of sulfone groups is 1. The van der Waals surface area contributed by atoms with Gasteiger partial charge in [-0.05, 0) is 57.9 Å². The molecule has 4 heterocycles. The van der Waals surface area contributed by atoms with Gasteiger partial charge in [0.2, 0.25) is 11.9 Å². The molecule has 214 valence electrons. The smallest absolute Gasteiger partial charge is 0.244 e. The molecule has 1 atom stereocenters. The Kier molecular flexibility index (Phi) is 7.80. The summed E-state index contributed by atoms with van der Waals surface area (Å²) in [6, 6.07) is 6.64. The summed E-state index contributed by atoms with van der Waals surface area (Å²) in [5.74, 6) is 0.219. The van der Waals surface area contributed by atoms with Gasteiger partial charge in [-0.15, -0.1) is 0 Å². The highest BCUT2D eigenvalue weighted by Crippen LogP contribution is 2.33. The second kappa shape index (κ2) is 11.1. The van der Waals surface area contributed by atoms with E-state index in [-0.39, 0.29) is 29.6 Å². The van der Waals surface area contributed by atoms with E-state index < -0.39 is 9.84 Å². The Morgan fingerprint density at radius 2 is 1.73 bits per heavy atom. The van der Waals surface area contributed by atoms with Gasteiger partial charge >= 0.3 is 0 Å². The number of aryl methyl sites for hydroxylation is 2. The number of carbonyl (C=O) groups is 1. The van der Waals surface area contributed by atoms with Gasteiger partial charge in [0.15, 0.2) is 0 Å². The summed E-state index contributed by atoms with van der Waals surface area (Å²) in [4.78, 5) is 28.2. The number of aromatic nitrogens is 4. The molecule has 2 aromatic heterocycles. The minimum Gasteiger partial charge on any atom is -0.367 e. The van der Waals surface area contributed by atoms with Crippen molar-refractivity contribution in [3.8, 4) is 11.1 Å². The predicted molar refractivity (Wildman–Crippen MR) is 153 cm³/mol. The van der Waals surface area contributed by atoms with Crippen LogP contribution < -0.4 is 9.80 Å². The summed E-state index contributed by atoms with van der Waals surface area (Å²) in [6.45, 7) is 9.01. The number of halogens is 1. The fourth-order valence-electron chi connectivity index (χ4n) is 5.72. The van der Waals surface area contributed by atoms with Gasteiger partial charge in [-0.3, -0.25) is 9.48 Å². The molecule has 12 heteroatoms. The normalized spacial score (nSPS) is 18.8. The molecule has 10 nitrogen and oxygen atoms in total. The predicted octanol–water partition coefficient (Wildman–Crippen LogP) is 2.85. The maximum atomic E-state index is 14.4. The standard InChI is InChI=1S/C28H36FN7O3S/c1-19-13-20(2)36(32-19)18-27(37)35-12-11-34(17-21(35)3)26-6-5-23(29)14-25(26)22-15-30-28(31-16-22)33-9-7-24(8-10-33)40(4,38)39/h5-6,13-16,21,24H,7-12,17-18H2,1-4H3. The number of rotatable bonds is 6. The summed E-state index contributed by atoms with van der Waals surface area (Å²) in [6.07, 6.45) is 5.77. The van der Waals surface area contributed by atoms with Gasteiger partial charge in [-0.2, -0.15) is 5.10 Å². The molecule has 0 radical (unpaired) electrons. The molecule has 40 heavy (non-hydrogen) atoms. The largest absolute Gasteiger partial charge is 0.367 e. The molecule has 0 saturated carbocycles. The van der Waals surface area contributed by atoms with E-state index >= 15 is 0 Å². The van der Waals surface area contributed by atoms with Gasteiger partial charge in [-0.1, -0.05) is 0 Å². The van der Waals surface area contributed by atoms with Crippen LogP contribution in [-0.4, -0.2) is 89.2 Å². The van der Waals surface area contributed by atoms with Crippen LogP contribution in [-0.2, 0) is 21.2 Å². The fraction of sp³-hybridized carbons (Fsp3) is 0.500. The molecule has 3 aromatic rings. The highest BCUT2D eigenvalue weighted by molar-refractivity contribution is 7.91. The molecule has 1 aromatic carbocycles. The number of anilines is 2. The van der Waals surface area contributed by atoms with Gasteiger partial charge in [-0.25, -0.2) is 22.8 Å². The molecule has 2 aliphatic rings. The van der Waals surface area contributed by atoms with Crippen molar-refractivity contribution >= 4 is 27.4 Å². The molecule has 2 saturated heterocycles. The zero-order valence-corrected chi connectivity index (χ0v) is 24.2. The van der Waals surface area contributed by atoms with E-state index in [0.29, 0.717) is 62.6 Å². The Morgan fingerprint density at radius 3 is 2.33 bits per heavy atom. The number of hydrogen-bond donors (Lipinski definition) is 0. The van der Waals surface area contributed by atoms with Crippen molar-refractivity contribution in [2.75, 3.05) is 48.8 Å². The molecule has 0 N–H and O–H groups in total. The van der Waals surface area contributed by atoms with Gasteiger partial charge < -0.3 is 14.7 Å². The van der Waals surface area contributed by atoms with E-state index in [1.807, 2.05) is 36.6 Å². The topological polar surface area (TPSA) is 105 Å². The van der Waals surface area contributed by atoms with Crippen molar-refractivity contribution < 1.29 is 17.6 Å². The Morgan fingerprint density at radius 1 is 1.02 bits per heavy atom. The molecule has 1 unspecified atom stereocenters. The van der Waals surface area contributed by atoms with E-state index in [0.717, 1.165) is 17.1 Å². The van der Waals surface area contributed by atoms with E-state index in [1.165, 1.54) is 18.4 Å². The minimum absolute atomic E-state index is 0.0298. The SMILES string of the molecule is Cc1cc(C)n(CC(=O)N2CCN(c3ccc(F)cc3-c3cnc(N4CCC(S(C)(=O)=O)CC4)nc3)CC2C)n1. The van der Waals surface area contributed by atoms with Crippen LogP contribution in [0.3, 0.4) is 0 Å². The van der Waals surface area contributed by atoms with Crippen LogP contribution in [0, 0.1) is 19.7 Å². The van der Waals surface area contributed by atoms with Crippen LogP contribution in [0.1, 0.15) is 31.2 Å². The van der Waals surface area contributed by atoms with Crippen LogP contribution in [0.2, 0.25) is 0 Å². The molecule has 1 amide bonds. The monoisotopic (exact) mass is 569 g/mol. The number of hydrogen-bond acceptors (Lipinski definition) is 8. The first-order chi connectivity index (χ1) is 19.0. The molecule has 0 bridgehead atoms. The molecular formula is C28H36FN7O3S. The number of carbonyl (C=O) groups excluding carboxylic acids is 1. The first kappa shape index (κ1) is 28.0. The average molecular weight is 570 g/mol. The lowest BCUT2D eigenvalue weighted by Crippen LogP contribution is -2.55. The van der Waals surface area contributed by atoms with Crippen molar-refractivity contribution in [2.24, 2.45) is 0 Å². The molecule has 0 spiro atoms. The van der Waals surface area contributed by atoms with E-state index in [1.54, 1.807) is 23.1 Å². The second-order valence-corrected chi connectivity index (χ2v) is 13.2. The van der Waals surface area contributed by atoms with Gasteiger partial charge in [0.05, 0.1) is 10.9 Å². The zero-order chi connectivity index (χ0) is 28.6. The number of benzene rings is 1. The van der Waals surface area contributed by atoms with Crippen molar-refractivity contribution in [1.82, 2.24) is 24.6 Å². The number of amides is 1. The quantitative estimate of drug-likeness (QED) is 0.447. The van der Waals surface area contributed by atoms with Gasteiger partial charge in [0.1, 0.15) is 22.2 Å². The molecule has 2 fully saturated rings. The Labute approximate surface area is 234 Å². The third-order valence-corrected chi connectivity index (χ3v) is 9.60. The lowest BCUT2D eigenvalue weighted by Gasteiger charge is -2.41. The summed E-state index contributed by atoms with van der Waals surface area (Å²) >= 11 is 0. The van der Waals surface area contributed by atoms with Crippen LogP contribution in [0.15, 0.2) is 36.7 Å².